The molecule has 0 spiro atoms. The van der Waals surface area contributed by atoms with Gasteiger partial charge in [-0.3, -0.25) is 4.90 Å². The van der Waals surface area contributed by atoms with Crippen LogP contribution in [0.1, 0.15) is 11.4 Å². The van der Waals surface area contributed by atoms with Crippen molar-refractivity contribution in [1.82, 2.24) is 15.0 Å². The lowest BCUT2D eigenvalue weighted by Crippen LogP contribution is -2.14. The van der Waals surface area contributed by atoms with Crippen LogP contribution in [0.3, 0.4) is 0 Å². The van der Waals surface area contributed by atoms with Crippen LogP contribution in [0.4, 0.5) is 17.3 Å². The minimum absolute atomic E-state index is 0.603. The van der Waals surface area contributed by atoms with Crippen molar-refractivity contribution in [3.05, 3.63) is 115 Å². The van der Waals surface area contributed by atoms with Gasteiger partial charge in [-0.1, -0.05) is 66.9 Å². The van der Waals surface area contributed by atoms with Gasteiger partial charge in [0.15, 0.2) is 0 Å². The first-order valence-electron chi connectivity index (χ1n) is 9.28. The van der Waals surface area contributed by atoms with E-state index in [2.05, 4.69) is 40.8 Å². The number of anilines is 3. The monoisotopic (exact) mass is 396 g/mol. The number of hydrogen-bond donors (Lipinski definition) is 0. The fourth-order valence-electron chi connectivity index (χ4n) is 3.01. The summed E-state index contributed by atoms with van der Waals surface area (Å²) >= 11 is 1.61. The molecule has 0 saturated carbocycles. The standard InChI is InChI=1S/C24H20N4S/c1-2-29-22-15-13-19(14-16-22)17-23-25-18-26-24(27-23)28(20-9-5-3-6-10-20)21-11-7-4-8-12-21/h2-16,18H,1,17H2. The lowest BCUT2D eigenvalue weighted by atomic mass is 10.1. The van der Waals surface area contributed by atoms with E-state index in [-0.39, 0.29) is 0 Å². The number of benzene rings is 3. The Morgan fingerprint density at radius 2 is 1.41 bits per heavy atom. The zero-order valence-corrected chi connectivity index (χ0v) is 16.7. The zero-order valence-electron chi connectivity index (χ0n) is 15.8. The fourth-order valence-corrected chi connectivity index (χ4v) is 3.50. The molecule has 1 aromatic heterocycles. The van der Waals surface area contributed by atoms with Crippen molar-refractivity contribution in [3.63, 3.8) is 0 Å². The summed E-state index contributed by atoms with van der Waals surface area (Å²) in [6.07, 6.45) is 2.23. The minimum atomic E-state index is 0.603. The molecule has 0 N–H and O–H groups in total. The predicted octanol–water partition coefficient (Wildman–Crippen LogP) is 6.17. The van der Waals surface area contributed by atoms with E-state index in [1.165, 1.54) is 4.90 Å². The maximum atomic E-state index is 4.76. The molecule has 142 valence electrons. The molecular weight excluding hydrogens is 376 g/mol. The smallest absolute Gasteiger partial charge is 0.237 e. The van der Waals surface area contributed by atoms with Crippen molar-refractivity contribution >= 4 is 29.1 Å². The van der Waals surface area contributed by atoms with Crippen LogP contribution in [0.2, 0.25) is 0 Å². The Kier molecular flexibility index (Phi) is 5.98. The molecule has 4 rings (SSSR count). The van der Waals surface area contributed by atoms with Crippen molar-refractivity contribution in [3.8, 4) is 0 Å². The highest BCUT2D eigenvalue weighted by atomic mass is 32.2. The average molecular weight is 397 g/mol. The minimum Gasteiger partial charge on any atom is -0.279 e. The van der Waals surface area contributed by atoms with Crippen molar-refractivity contribution < 1.29 is 0 Å². The Balaban J connectivity index is 1.65. The van der Waals surface area contributed by atoms with Crippen LogP contribution in [-0.4, -0.2) is 15.0 Å². The van der Waals surface area contributed by atoms with Crippen LogP contribution >= 0.6 is 11.8 Å². The molecule has 0 radical (unpaired) electrons. The number of rotatable bonds is 7. The van der Waals surface area contributed by atoms with Crippen molar-refractivity contribution in [2.24, 2.45) is 0 Å². The molecule has 29 heavy (non-hydrogen) atoms. The van der Waals surface area contributed by atoms with Gasteiger partial charge in [0, 0.05) is 22.7 Å². The van der Waals surface area contributed by atoms with Gasteiger partial charge in [-0.05, 0) is 47.4 Å². The van der Waals surface area contributed by atoms with Gasteiger partial charge in [-0.15, -0.1) is 0 Å². The zero-order chi connectivity index (χ0) is 19.9. The highest BCUT2D eigenvalue weighted by Crippen LogP contribution is 2.31. The molecular formula is C24H20N4S. The molecule has 0 saturated heterocycles. The summed E-state index contributed by atoms with van der Waals surface area (Å²) in [4.78, 5) is 16.8. The molecule has 3 aromatic carbocycles. The quantitative estimate of drug-likeness (QED) is 0.350. The third-order valence-corrected chi connectivity index (χ3v) is 5.05. The topological polar surface area (TPSA) is 41.9 Å². The van der Waals surface area contributed by atoms with Gasteiger partial charge in [0.1, 0.15) is 12.2 Å². The molecule has 0 aliphatic carbocycles. The number of hydrogen-bond acceptors (Lipinski definition) is 5. The second-order valence-corrected chi connectivity index (χ2v) is 7.35. The van der Waals surface area contributed by atoms with Gasteiger partial charge in [0.25, 0.3) is 0 Å². The van der Waals surface area contributed by atoms with E-state index >= 15 is 0 Å². The van der Waals surface area contributed by atoms with E-state index in [4.69, 9.17) is 4.98 Å². The third kappa shape index (κ3) is 4.70. The normalized spacial score (nSPS) is 10.5. The maximum absolute atomic E-state index is 4.76. The Hall–Kier alpha value is -3.44. The highest BCUT2D eigenvalue weighted by molar-refractivity contribution is 8.02. The molecule has 0 aliphatic rings. The van der Waals surface area contributed by atoms with Gasteiger partial charge < -0.3 is 0 Å². The number of thioether (sulfide) groups is 1. The lowest BCUT2D eigenvalue weighted by Gasteiger charge is -2.23. The number of nitrogens with zero attached hydrogens (tertiary/aromatic N) is 4. The van der Waals surface area contributed by atoms with Crippen LogP contribution in [0.25, 0.3) is 0 Å². The van der Waals surface area contributed by atoms with Gasteiger partial charge in [-0.25, -0.2) is 9.97 Å². The van der Waals surface area contributed by atoms with E-state index in [9.17, 15) is 0 Å². The van der Waals surface area contributed by atoms with Crippen molar-refractivity contribution in [2.45, 2.75) is 11.3 Å². The van der Waals surface area contributed by atoms with Gasteiger partial charge in [-0.2, -0.15) is 4.98 Å². The van der Waals surface area contributed by atoms with Crippen molar-refractivity contribution in [2.75, 3.05) is 4.90 Å². The molecule has 1 heterocycles. The van der Waals surface area contributed by atoms with Crippen LogP contribution in [0, 0.1) is 0 Å². The van der Waals surface area contributed by atoms with E-state index in [0.717, 1.165) is 22.8 Å². The summed E-state index contributed by atoms with van der Waals surface area (Å²) < 4.78 is 0. The summed E-state index contributed by atoms with van der Waals surface area (Å²) in [5.74, 6) is 1.34. The SMILES string of the molecule is C=CSc1ccc(Cc2ncnc(N(c3ccccc3)c3ccccc3)n2)cc1. The Morgan fingerprint density at radius 3 is 2.00 bits per heavy atom. The molecule has 5 heteroatoms. The first-order chi connectivity index (χ1) is 14.3. The first kappa shape index (κ1) is 18.9. The first-order valence-corrected chi connectivity index (χ1v) is 10.2. The Bertz CT molecular complexity index is 1030. The second kappa shape index (κ2) is 9.17. The summed E-state index contributed by atoms with van der Waals surface area (Å²) in [6.45, 7) is 3.75. The van der Waals surface area contributed by atoms with E-state index in [1.54, 1.807) is 18.1 Å². The van der Waals surface area contributed by atoms with Crippen molar-refractivity contribution in [1.29, 1.82) is 0 Å². The number of aromatic nitrogens is 3. The molecule has 4 aromatic rings. The molecule has 0 fully saturated rings. The highest BCUT2D eigenvalue weighted by Gasteiger charge is 2.15. The van der Waals surface area contributed by atoms with E-state index in [1.807, 2.05) is 71.0 Å². The van der Waals surface area contributed by atoms with Crippen LogP contribution in [0.15, 0.2) is 108 Å². The van der Waals surface area contributed by atoms with Gasteiger partial charge in [0.2, 0.25) is 5.95 Å². The van der Waals surface area contributed by atoms with Crippen LogP contribution < -0.4 is 4.90 Å². The number of para-hydroxylation sites is 2. The average Bonchev–Trinajstić information content (AvgIpc) is 2.77. The third-order valence-electron chi connectivity index (χ3n) is 4.34. The lowest BCUT2D eigenvalue weighted by molar-refractivity contribution is 0.905. The molecule has 0 unspecified atom stereocenters. The molecule has 0 aliphatic heterocycles. The molecule has 0 amide bonds. The predicted molar refractivity (Wildman–Crippen MR) is 120 cm³/mol. The summed E-state index contributed by atoms with van der Waals surface area (Å²) in [5, 5.41) is 1.83. The molecule has 0 bridgehead atoms. The largest absolute Gasteiger partial charge is 0.279 e. The summed E-state index contributed by atoms with van der Waals surface area (Å²) in [7, 11) is 0. The Morgan fingerprint density at radius 1 is 0.793 bits per heavy atom. The molecule has 0 atom stereocenters. The summed E-state index contributed by atoms with van der Waals surface area (Å²) in [5.41, 5.74) is 3.16. The summed E-state index contributed by atoms with van der Waals surface area (Å²) in [6, 6.07) is 28.6. The van der Waals surface area contributed by atoms with E-state index < -0.39 is 0 Å². The fraction of sp³-hybridized carbons (Fsp3) is 0.0417. The second-order valence-electron chi connectivity index (χ2n) is 6.31. The molecule has 4 nitrogen and oxygen atoms in total. The Labute approximate surface area is 175 Å². The maximum Gasteiger partial charge on any atom is 0.237 e. The van der Waals surface area contributed by atoms with Crippen LogP contribution in [0.5, 0.6) is 0 Å². The van der Waals surface area contributed by atoms with Gasteiger partial charge >= 0.3 is 0 Å². The van der Waals surface area contributed by atoms with Crippen LogP contribution in [-0.2, 0) is 6.42 Å². The van der Waals surface area contributed by atoms with Gasteiger partial charge in [0.05, 0.1) is 0 Å². The van der Waals surface area contributed by atoms with E-state index in [0.29, 0.717) is 12.4 Å².